The average molecular weight is 281 g/mol. The Balaban J connectivity index is 1.78. The first-order valence-corrected chi connectivity index (χ1v) is 6.47. The third-order valence-corrected chi connectivity index (χ3v) is 3.25. The predicted molar refractivity (Wildman–Crippen MR) is 68.4 cm³/mol. The van der Waals surface area contributed by atoms with Crippen molar-refractivity contribution in [1.82, 2.24) is 15.1 Å². The minimum Gasteiger partial charge on any atom is -0.310 e. The molecule has 1 N–H and O–H groups in total. The molecule has 0 atom stereocenters. The summed E-state index contributed by atoms with van der Waals surface area (Å²) >= 11 is 0. The number of nitrogens with zero attached hydrogens (tertiary/aromatic N) is 2. The van der Waals surface area contributed by atoms with Crippen molar-refractivity contribution in [1.29, 1.82) is 0 Å². The Labute approximate surface area is 114 Å². The molecule has 1 aromatic heterocycles. The zero-order valence-corrected chi connectivity index (χ0v) is 10.7. The third-order valence-electron chi connectivity index (χ3n) is 3.25. The Kier molecular flexibility index (Phi) is 3.25. The molecule has 3 rings (SSSR count). The highest BCUT2D eigenvalue weighted by Crippen LogP contribution is 2.30. The molecular formula is C14H14F3N3. The maximum atomic E-state index is 12.7. The van der Waals surface area contributed by atoms with Crippen molar-refractivity contribution in [3.63, 3.8) is 0 Å². The lowest BCUT2D eigenvalue weighted by Crippen LogP contribution is -2.14. The van der Waals surface area contributed by atoms with Gasteiger partial charge in [-0.05, 0) is 31.0 Å². The van der Waals surface area contributed by atoms with Crippen molar-refractivity contribution < 1.29 is 13.2 Å². The molecule has 106 valence electrons. The first-order valence-electron chi connectivity index (χ1n) is 6.47. The van der Waals surface area contributed by atoms with Crippen LogP contribution in [-0.4, -0.2) is 15.8 Å². The summed E-state index contributed by atoms with van der Waals surface area (Å²) in [6, 6.07) is 5.75. The van der Waals surface area contributed by atoms with Gasteiger partial charge in [0.05, 0.1) is 17.4 Å². The highest BCUT2D eigenvalue weighted by atomic mass is 19.4. The summed E-state index contributed by atoms with van der Waals surface area (Å²) in [7, 11) is 0. The van der Waals surface area contributed by atoms with Crippen LogP contribution in [0.2, 0.25) is 0 Å². The molecule has 3 nitrogen and oxygen atoms in total. The van der Waals surface area contributed by atoms with Gasteiger partial charge in [-0.1, -0.05) is 6.07 Å². The fourth-order valence-electron chi connectivity index (χ4n) is 1.97. The van der Waals surface area contributed by atoms with Gasteiger partial charge in [-0.15, -0.1) is 0 Å². The molecule has 1 aliphatic rings. The smallest absolute Gasteiger partial charge is 0.310 e. The summed E-state index contributed by atoms with van der Waals surface area (Å²) in [5, 5.41) is 7.46. The molecule has 0 aliphatic heterocycles. The van der Waals surface area contributed by atoms with Crippen LogP contribution in [0.15, 0.2) is 36.7 Å². The van der Waals surface area contributed by atoms with Crippen LogP contribution in [0.5, 0.6) is 0 Å². The number of nitrogens with one attached hydrogen (secondary N) is 1. The number of benzene rings is 1. The summed E-state index contributed by atoms with van der Waals surface area (Å²) in [6.45, 7) is 0.698. The second-order valence-electron chi connectivity index (χ2n) is 5.00. The lowest BCUT2D eigenvalue weighted by molar-refractivity contribution is -0.137. The van der Waals surface area contributed by atoms with Crippen LogP contribution in [0.3, 0.4) is 0 Å². The van der Waals surface area contributed by atoms with Gasteiger partial charge in [-0.25, -0.2) is 4.68 Å². The van der Waals surface area contributed by atoms with Crippen LogP contribution in [0.4, 0.5) is 13.2 Å². The van der Waals surface area contributed by atoms with Gasteiger partial charge in [0.2, 0.25) is 0 Å². The Hall–Kier alpha value is -1.82. The number of hydrogen-bond acceptors (Lipinski definition) is 2. The molecular weight excluding hydrogens is 267 g/mol. The largest absolute Gasteiger partial charge is 0.416 e. The van der Waals surface area contributed by atoms with E-state index < -0.39 is 11.7 Å². The Morgan fingerprint density at radius 3 is 2.80 bits per heavy atom. The normalized spacial score (nSPS) is 15.6. The van der Waals surface area contributed by atoms with Gasteiger partial charge in [-0.2, -0.15) is 18.3 Å². The minimum atomic E-state index is -4.33. The van der Waals surface area contributed by atoms with Gasteiger partial charge in [0.15, 0.2) is 0 Å². The molecule has 0 bridgehead atoms. The SMILES string of the molecule is FC(F)(F)c1cccc(-n2cc(CNC3CC3)cn2)c1. The second-order valence-corrected chi connectivity index (χ2v) is 5.00. The number of rotatable bonds is 4. The van der Waals surface area contributed by atoms with Crippen molar-refractivity contribution >= 4 is 0 Å². The van der Waals surface area contributed by atoms with Crippen LogP contribution < -0.4 is 5.32 Å². The van der Waals surface area contributed by atoms with Crippen molar-refractivity contribution in [2.24, 2.45) is 0 Å². The van der Waals surface area contributed by atoms with E-state index >= 15 is 0 Å². The fourth-order valence-corrected chi connectivity index (χ4v) is 1.97. The Morgan fingerprint density at radius 1 is 1.30 bits per heavy atom. The van der Waals surface area contributed by atoms with Crippen LogP contribution in [0.1, 0.15) is 24.0 Å². The molecule has 0 spiro atoms. The van der Waals surface area contributed by atoms with Crippen LogP contribution >= 0.6 is 0 Å². The molecule has 6 heteroatoms. The lowest BCUT2D eigenvalue weighted by Gasteiger charge is -2.08. The molecule has 0 saturated heterocycles. The zero-order valence-electron chi connectivity index (χ0n) is 10.7. The molecule has 1 saturated carbocycles. The molecule has 2 aromatic rings. The summed E-state index contributed by atoms with van der Waals surface area (Å²) in [5.41, 5.74) is 0.718. The van der Waals surface area contributed by atoms with Crippen molar-refractivity contribution in [2.45, 2.75) is 31.6 Å². The maximum absolute atomic E-state index is 12.7. The van der Waals surface area contributed by atoms with E-state index in [1.807, 2.05) is 0 Å². The zero-order chi connectivity index (χ0) is 14.2. The first kappa shape index (κ1) is 13.2. The van der Waals surface area contributed by atoms with Gasteiger partial charge >= 0.3 is 6.18 Å². The topological polar surface area (TPSA) is 29.9 Å². The summed E-state index contributed by atoms with van der Waals surface area (Å²) < 4.78 is 39.5. The second kappa shape index (κ2) is 4.94. The molecule has 1 fully saturated rings. The highest BCUT2D eigenvalue weighted by Gasteiger charge is 2.30. The number of aromatic nitrogens is 2. The minimum absolute atomic E-state index is 0.414. The monoisotopic (exact) mass is 281 g/mol. The predicted octanol–water partition coefficient (Wildman–Crippen LogP) is 3.14. The van der Waals surface area contributed by atoms with Crippen molar-refractivity contribution in [3.05, 3.63) is 47.8 Å². The van der Waals surface area contributed by atoms with Gasteiger partial charge in [-0.3, -0.25) is 0 Å². The first-order chi connectivity index (χ1) is 9.52. The fraction of sp³-hybridized carbons (Fsp3) is 0.357. The van der Waals surface area contributed by atoms with E-state index in [-0.39, 0.29) is 0 Å². The molecule has 0 amide bonds. The average Bonchev–Trinajstić information content (AvgIpc) is 3.12. The van der Waals surface area contributed by atoms with E-state index in [1.165, 1.54) is 23.6 Å². The lowest BCUT2D eigenvalue weighted by atomic mass is 10.2. The molecule has 1 aliphatic carbocycles. The van der Waals surface area contributed by atoms with Crippen molar-refractivity contribution in [2.75, 3.05) is 0 Å². The van der Waals surface area contributed by atoms with E-state index in [9.17, 15) is 13.2 Å². The van der Waals surface area contributed by atoms with Gasteiger partial charge in [0.1, 0.15) is 0 Å². The standard InChI is InChI=1S/C14H14F3N3/c15-14(16,17)11-2-1-3-13(6-11)20-9-10(8-19-20)7-18-12-4-5-12/h1-3,6,8-9,12,18H,4-5,7H2. The van der Waals surface area contributed by atoms with Crippen LogP contribution in [0, 0.1) is 0 Å². The summed E-state index contributed by atoms with van der Waals surface area (Å²) in [4.78, 5) is 0. The van der Waals surface area contributed by atoms with Gasteiger partial charge in [0, 0.05) is 24.3 Å². The maximum Gasteiger partial charge on any atom is 0.416 e. The third kappa shape index (κ3) is 3.01. The Bertz CT molecular complexity index is 600. The van der Waals surface area contributed by atoms with Crippen LogP contribution in [0.25, 0.3) is 5.69 Å². The molecule has 1 aromatic carbocycles. The van der Waals surface area contributed by atoms with Crippen LogP contribution in [-0.2, 0) is 12.7 Å². The summed E-state index contributed by atoms with van der Waals surface area (Å²) in [6.07, 6.45) is 1.49. The Morgan fingerprint density at radius 2 is 2.10 bits per heavy atom. The highest BCUT2D eigenvalue weighted by molar-refractivity contribution is 5.36. The van der Waals surface area contributed by atoms with Gasteiger partial charge in [0.25, 0.3) is 0 Å². The van der Waals surface area contributed by atoms with E-state index in [0.29, 0.717) is 18.3 Å². The quantitative estimate of drug-likeness (QED) is 0.933. The van der Waals surface area contributed by atoms with Gasteiger partial charge < -0.3 is 5.32 Å². The van der Waals surface area contributed by atoms with E-state index in [4.69, 9.17) is 0 Å². The molecule has 0 radical (unpaired) electrons. The number of hydrogen-bond donors (Lipinski definition) is 1. The van der Waals surface area contributed by atoms with E-state index in [0.717, 1.165) is 17.7 Å². The van der Waals surface area contributed by atoms with E-state index in [2.05, 4.69) is 10.4 Å². The molecule has 0 unspecified atom stereocenters. The molecule has 1 heterocycles. The van der Waals surface area contributed by atoms with Crippen molar-refractivity contribution in [3.8, 4) is 5.69 Å². The number of halogens is 3. The molecule has 20 heavy (non-hydrogen) atoms. The van der Waals surface area contributed by atoms with E-state index in [1.54, 1.807) is 18.5 Å². The number of alkyl halides is 3. The summed E-state index contributed by atoms with van der Waals surface area (Å²) in [5.74, 6) is 0.